The van der Waals surface area contributed by atoms with Crippen molar-refractivity contribution < 1.29 is 9.90 Å². The Kier molecular flexibility index (Phi) is 7.18. The summed E-state index contributed by atoms with van der Waals surface area (Å²) < 4.78 is 0. The molecule has 0 spiro atoms. The molecule has 0 radical (unpaired) electrons. The monoisotopic (exact) mass is 307 g/mol. The summed E-state index contributed by atoms with van der Waals surface area (Å²) in [5.41, 5.74) is 1.83. The minimum absolute atomic E-state index is 0.221. The van der Waals surface area contributed by atoms with Crippen molar-refractivity contribution in [2.24, 2.45) is 5.92 Å². The van der Waals surface area contributed by atoms with Crippen LogP contribution in [0.15, 0.2) is 24.3 Å². The number of aliphatic hydroxyl groups excluding tert-OH is 1. The molecule has 0 aliphatic carbocycles. The number of rotatable bonds is 7. The molecule has 3 N–H and O–H groups in total. The van der Waals surface area contributed by atoms with Gasteiger partial charge in [0.15, 0.2) is 0 Å². The highest BCUT2D eigenvalue weighted by Gasteiger charge is 2.09. The van der Waals surface area contributed by atoms with E-state index in [0.717, 1.165) is 11.4 Å². The van der Waals surface area contributed by atoms with E-state index in [9.17, 15) is 9.90 Å². The maximum absolute atomic E-state index is 11.9. The highest BCUT2D eigenvalue weighted by atomic mass is 16.3. The average Bonchev–Trinajstić information content (AvgIpc) is 2.43. The summed E-state index contributed by atoms with van der Waals surface area (Å²) in [5.74, 6) is 0.240. The lowest BCUT2D eigenvalue weighted by atomic mass is 10.1. The molecule has 0 heterocycles. The summed E-state index contributed by atoms with van der Waals surface area (Å²) >= 11 is 0. The van der Waals surface area contributed by atoms with Crippen molar-refractivity contribution in [3.05, 3.63) is 24.3 Å². The van der Waals surface area contributed by atoms with Crippen LogP contribution < -0.4 is 15.5 Å². The zero-order valence-corrected chi connectivity index (χ0v) is 14.3. The quantitative estimate of drug-likeness (QED) is 0.725. The Morgan fingerprint density at radius 3 is 2.55 bits per heavy atom. The lowest BCUT2D eigenvalue weighted by Crippen LogP contribution is -2.33. The molecule has 5 heteroatoms. The number of nitrogens with zero attached hydrogens (tertiary/aromatic N) is 1. The number of aliphatic hydroxyl groups is 1. The molecule has 0 fully saturated rings. The van der Waals surface area contributed by atoms with E-state index in [1.807, 2.05) is 38.2 Å². The van der Waals surface area contributed by atoms with Crippen molar-refractivity contribution in [3.63, 3.8) is 0 Å². The fourth-order valence-corrected chi connectivity index (χ4v) is 2.21. The molecule has 0 aromatic heterocycles. The minimum atomic E-state index is -0.344. The van der Waals surface area contributed by atoms with Crippen LogP contribution in [0.3, 0.4) is 0 Å². The van der Waals surface area contributed by atoms with Crippen LogP contribution in [0, 0.1) is 5.92 Å². The van der Waals surface area contributed by atoms with Crippen LogP contribution in [0.2, 0.25) is 0 Å². The first kappa shape index (κ1) is 18.3. The summed E-state index contributed by atoms with van der Waals surface area (Å²) in [6.07, 6.45) is 0.331. The molecule has 2 amide bonds. The third-order valence-electron chi connectivity index (χ3n) is 3.64. The molecule has 0 saturated carbocycles. The number of benzene rings is 1. The van der Waals surface area contributed by atoms with Gasteiger partial charge in [0.2, 0.25) is 0 Å². The summed E-state index contributed by atoms with van der Waals surface area (Å²) in [5, 5.41) is 15.0. The van der Waals surface area contributed by atoms with E-state index >= 15 is 0 Å². The van der Waals surface area contributed by atoms with Gasteiger partial charge in [-0.2, -0.15) is 0 Å². The minimum Gasteiger partial charge on any atom is -0.393 e. The Balaban J connectivity index is 2.53. The van der Waals surface area contributed by atoms with Crippen LogP contribution in [0.1, 0.15) is 34.1 Å². The van der Waals surface area contributed by atoms with Gasteiger partial charge in [-0.15, -0.1) is 0 Å². The molecule has 5 nitrogen and oxygen atoms in total. The molecular formula is C17H29N3O2. The first-order valence-corrected chi connectivity index (χ1v) is 7.85. The van der Waals surface area contributed by atoms with Gasteiger partial charge in [-0.05, 0) is 51.3 Å². The van der Waals surface area contributed by atoms with E-state index in [-0.39, 0.29) is 18.1 Å². The van der Waals surface area contributed by atoms with Crippen molar-refractivity contribution in [2.45, 2.75) is 46.3 Å². The van der Waals surface area contributed by atoms with Crippen molar-refractivity contribution in [3.8, 4) is 0 Å². The van der Waals surface area contributed by atoms with Gasteiger partial charge >= 0.3 is 6.03 Å². The largest absolute Gasteiger partial charge is 0.393 e. The third-order valence-corrected chi connectivity index (χ3v) is 3.64. The van der Waals surface area contributed by atoms with Crippen molar-refractivity contribution in [1.82, 2.24) is 5.32 Å². The van der Waals surface area contributed by atoms with Gasteiger partial charge in [-0.3, -0.25) is 0 Å². The summed E-state index contributed by atoms with van der Waals surface area (Å²) in [4.78, 5) is 14.1. The van der Waals surface area contributed by atoms with Crippen LogP contribution in [0.4, 0.5) is 16.2 Å². The molecule has 1 rings (SSSR count). The van der Waals surface area contributed by atoms with Crippen LogP contribution in [-0.4, -0.2) is 36.9 Å². The SMILES string of the molecule is CC(O)CC(C)CNC(=O)Nc1cccc(N(C)C(C)C)c1. The normalized spacial score (nSPS) is 13.6. The zero-order valence-electron chi connectivity index (χ0n) is 14.3. The number of carbonyl (C=O) groups is 1. The van der Waals surface area contributed by atoms with Gasteiger partial charge in [0, 0.05) is 31.0 Å². The molecule has 0 bridgehead atoms. The van der Waals surface area contributed by atoms with Gasteiger partial charge in [-0.1, -0.05) is 13.0 Å². The van der Waals surface area contributed by atoms with E-state index in [1.54, 1.807) is 6.92 Å². The first-order chi connectivity index (χ1) is 10.3. The van der Waals surface area contributed by atoms with Crippen LogP contribution in [-0.2, 0) is 0 Å². The number of hydrogen-bond donors (Lipinski definition) is 3. The van der Waals surface area contributed by atoms with Crippen molar-refractivity contribution >= 4 is 17.4 Å². The Morgan fingerprint density at radius 2 is 1.95 bits per heavy atom. The highest BCUT2D eigenvalue weighted by Crippen LogP contribution is 2.20. The van der Waals surface area contributed by atoms with Gasteiger partial charge in [0.25, 0.3) is 0 Å². The Morgan fingerprint density at radius 1 is 1.27 bits per heavy atom. The summed E-state index contributed by atoms with van der Waals surface area (Å²) in [6.45, 7) is 8.55. The predicted molar refractivity (Wildman–Crippen MR) is 92.5 cm³/mol. The fourth-order valence-electron chi connectivity index (χ4n) is 2.21. The number of nitrogens with one attached hydrogen (secondary N) is 2. The number of carbonyl (C=O) groups excluding carboxylic acids is 1. The molecular weight excluding hydrogens is 278 g/mol. The Hall–Kier alpha value is -1.75. The summed E-state index contributed by atoms with van der Waals surface area (Å²) in [6, 6.07) is 7.95. The molecule has 0 aliphatic heterocycles. The van der Waals surface area contributed by atoms with Crippen molar-refractivity contribution in [2.75, 3.05) is 23.8 Å². The van der Waals surface area contributed by atoms with E-state index < -0.39 is 0 Å². The van der Waals surface area contributed by atoms with Crippen molar-refractivity contribution in [1.29, 1.82) is 0 Å². The maximum atomic E-state index is 11.9. The molecule has 0 aliphatic rings. The van der Waals surface area contributed by atoms with Gasteiger partial charge < -0.3 is 20.6 Å². The predicted octanol–water partition coefficient (Wildman–Crippen LogP) is 3.06. The van der Waals surface area contributed by atoms with Crippen LogP contribution >= 0.6 is 0 Å². The molecule has 22 heavy (non-hydrogen) atoms. The van der Waals surface area contributed by atoms with E-state index in [0.29, 0.717) is 19.0 Å². The second-order valence-electron chi connectivity index (χ2n) is 6.28. The lowest BCUT2D eigenvalue weighted by molar-refractivity contribution is 0.163. The smallest absolute Gasteiger partial charge is 0.319 e. The Bertz CT molecular complexity index is 475. The number of hydrogen-bond acceptors (Lipinski definition) is 3. The second kappa shape index (κ2) is 8.63. The first-order valence-electron chi connectivity index (χ1n) is 7.85. The van der Waals surface area contributed by atoms with Crippen LogP contribution in [0.25, 0.3) is 0 Å². The lowest BCUT2D eigenvalue weighted by Gasteiger charge is -2.24. The van der Waals surface area contributed by atoms with E-state index in [4.69, 9.17) is 0 Å². The highest BCUT2D eigenvalue weighted by molar-refractivity contribution is 5.89. The van der Waals surface area contributed by atoms with E-state index in [1.165, 1.54) is 0 Å². The number of anilines is 2. The number of amides is 2. The Labute approximate surface area is 133 Å². The van der Waals surface area contributed by atoms with Gasteiger partial charge in [-0.25, -0.2) is 4.79 Å². The zero-order chi connectivity index (χ0) is 16.7. The molecule has 0 saturated heterocycles. The molecule has 2 unspecified atom stereocenters. The molecule has 2 atom stereocenters. The second-order valence-corrected chi connectivity index (χ2v) is 6.28. The molecule has 124 valence electrons. The maximum Gasteiger partial charge on any atom is 0.319 e. The third kappa shape index (κ3) is 6.35. The van der Waals surface area contributed by atoms with Gasteiger partial charge in [0.1, 0.15) is 0 Å². The molecule has 1 aromatic carbocycles. The fraction of sp³-hybridized carbons (Fsp3) is 0.588. The molecule has 1 aromatic rings. The topological polar surface area (TPSA) is 64.6 Å². The van der Waals surface area contributed by atoms with Gasteiger partial charge in [0.05, 0.1) is 6.10 Å². The van der Waals surface area contributed by atoms with E-state index in [2.05, 4.69) is 29.4 Å². The number of urea groups is 1. The average molecular weight is 307 g/mol. The van der Waals surface area contributed by atoms with Crippen LogP contribution in [0.5, 0.6) is 0 Å². The standard InChI is InChI=1S/C17H29N3O2/c1-12(2)20(5)16-8-6-7-15(10-16)19-17(22)18-11-13(3)9-14(4)21/h6-8,10,12-14,21H,9,11H2,1-5H3,(H2,18,19,22). The summed E-state index contributed by atoms with van der Waals surface area (Å²) in [7, 11) is 2.03.